The van der Waals surface area contributed by atoms with E-state index in [1.807, 2.05) is 60.7 Å². The summed E-state index contributed by atoms with van der Waals surface area (Å²) < 4.78 is 6.68. The number of para-hydroxylation sites is 1. The quantitative estimate of drug-likeness (QED) is 0.396. The normalized spacial score (nSPS) is 10.5. The molecule has 0 atom stereocenters. The first-order chi connectivity index (χ1) is 16.0. The molecular weight excluding hydrogens is 422 g/mol. The Morgan fingerprint density at radius 3 is 2.24 bits per heavy atom. The van der Waals surface area contributed by atoms with Crippen molar-refractivity contribution in [1.29, 1.82) is 0 Å². The molecule has 0 saturated carbocycles. The minimum Gasteiger partial charge on any atom is -0.469 e. The topological polar surface area (TPSA) is 118 Å². The molecule has 3 amide bonds. The molecule has 2 aromatic heterocycles. The van der Waals surface area contributed by atoms with Crippen LogP contribution in [0.4, 0.5) is 0 Å². The maximum atomic E-state index is 12.9. The molecule has 3 N–H and O–H groups in total. The molecule has 9 nitrogen and oxygen atoms in total. The molecule has 0 spiro atoms. The van der Waals surface area contributed by atoms with Gasteiger partial charge in [0, 0.05) is 11.8 Å². The van der Waals surface area contributed by atoms with Crippen molar-refractivity contribution < 1.29 is 18.8 Å². The summed E-state index contributed by atoms with van der Waals surface area (Å²) in [6, 6.07) is 20.2. The van der Waals surface area contributed by atoms with Crippen molar-refractivity contribution in [3.8, 4) is 16.9 Å². The van der Waals surface area contributed by atoms with E-state index < -0.39 is 17.7 Å². The number of furan rings is 1. The van der Waals surface area contributed by atoms with Crippen LogP contribution >= 0.6 is 0 Å². The van der Waals surface area contributed by atoms with E-state index in [1.165, 1.54) is 12.3 Å². The molecule has 33 heavy (non-hydrogen) atoms. The second-order valence-corrected chi connectivity index (χ2v) is 7.11. The van der Waals surface area contributed by atoms with Crippen molar-refractivity contribution in [2.75, 3.05) is 6.54 Å². The summed E-state index contributed by atoms with van der Waals surface area (Å²) in [6.45, 7) is 1.33. The molecule has 0 unspecified atom stereocenters. The number of hydrazine groups is 1. The zero-order valence-corrected chi connectivity index (χ0v) is 17.7. The van der Waals surface area contributed by atoms with Crippen LogP contribution < -0.4 is 16.2 Å². The highest BCUT2D eigenvalue weighted by molar-refractivity contribution is 6.01. The van der Waals surface area contributed by atoms with Crippen molar-refractivity contribution in [2.45, 2.75) is 6.92 Å². The number of nitrogens with one attached hydrogen (secondary N) is 3. The summed E-state index contributed by atoms with van der Waals surface area (Å²) in [5, 5.41) is 7.05. The average Bonchev–Trinajstić information content (AvgIpc) is 3.49. The van der Waals surface area contributed by atoms with Gasteiger partial charge in [-0.05, 0) is 25.1 Å². The lowest BCUT2D eigenvalue weighted by atomic mass is 10.1. The standard InChI is InChI=1S/C24H21N5O4/c1-16-19(12-13-33-16)23(31)25-14-21(30)26-27-24(32)20-15-29(18-10-6-3-7-11-18)28-22(20)17-8-4-2-5-9-17/h2-13,15H,14H2,1H3,(H,25,31)(H,26,30)(H,27,32). The lowest BCUT2D eigenvalue weighted by Crippen LogP contribution is -2.46. The van der Waals surface area contributed by atoms with Crippen molar-refractivity contribution >= 4 is 17.7 Å². The third kappa shape index (κ3) is 4.99. The predicted octanol–water partition coefficient (Wildman–Crippen LogP) is 2.63. The number of amides is 3. The Morgan fingerprint density at radius 2 is 1.58 bits per heavy atom. The molecular formula is C24H21N5O4. The highest BCUT2D eigenvalue weighted by Crippen LogP contribution is 2.23. The summed E-state index contributed by atoms with van der Waals surface area (Å²) in [5.41, 5.74) is 7.32. The molecule has 9 heteroatoms. The predicted molar refractivity (Wildman–Crippen MR) is 120 cm³/mol. The number of carbonyl (C=O) groups is 3. The monoisotopic (exact) mass is 443 g/mol. The van der Waals surface area contributed by atoms with Crippen molar-refractivity contribution in [3.63, 3.8) is 0 Å². The molecule has 0 bridgehead atoms. The van der Waals surface area contributed by atoms with Crippen LogP contribution in [-0.4, -0.2) is 34.0 Å². The van der Waals surface area contributed by atoms with Crippen LogP contribution in [0, 0.1) is 6.92 Å². The fourth-order valence-corrected chi connectivity index (χ4v) is 3.18. The van der Waals surface area contributed by atoms with Crippen LogP contribution in [0.1, 0.15) is 26.5 Å². The number of hydrogen-bond donors (Lipinski definition) is 3. The Hall–Kier alpha value is -4.66. The molecule has 0 aliphatic carbocycles. The lowest BCUT2D eigenvalue weighted by molar-refractivity contribution is -0.120. The van der Waals surface area contributed by atoms with Gasteiger partial charge in [-0.3, -0.25) is 25.2 Å². The molecule has 0 radical (unpaired) electrons. The molecule has 2 heterocycles. The first kappa shape index (κ1) is 21.6. The SMILES string of the molecule is Cc1occc1C(=O)NCC(=O)NNC(=O)c1cn(-c2ccccc2)nc1-c1ccccc1. The number of aryl methyl sites for hydroxylation is 1. The summed E-state index contributed by atoms with van der Waals surface area (Å²) in [7, 11) is 0. The molecule has 2 aromatic carbocycles. The van der Waals surface area contributed by atoms with E-state index in [0.29, 0.717) is 17.0 Å². The van der Waals surface area contributed by atoms with Gasteiger partial charge in [0.15, 0.2) is 0 Å². The molecule has 4 aromatic rings. The Labute approximate surface area is 189 Å². The van der Waals surface area contributed by atoms with Gasteiger partial charge in [0.25, 0.3) is 17.7 Å². The first-order valence-corrected chi connectivity index (χ1v) is 10.1. The van der Waals surface area contributed by atoms with E-state index in [-0.39, 0.29) is 12.1 Å². The minimum absolute atomic E-state index is 0.281. The zero-order chi connectivity index (χ0) is 23.2. The second kappa shape index (κ2) is 9.65. The van der Waals surface area contributed by atoms with E-state index in [4.69, 9.17) is 4.42 Å². The first-order valence-electron chi connectivity index (χ1n) is 10.1. The van der Waals surface area contributed by atoms with Gasteiger partial charge in [-0.1, -0.05) is 48.5 Å². The highest BCUT2D eigenvalue weighted by atomic mass is 16.3. The van der Waals surface area contributed by atoms with E-state index in [1.54, 1.807) is 17.8 Å². The number of hydrogen-bond acceptors (Lipinski definition) is 5. The Morgan fingerprint density at radius 1 is 0.879 bits per heavy atom. The van der Waals surface area contributed by atoms with Crippen LogP contribution in [0.3, 0.4) is 0 Å². The number of aromatic nitrogens is 2. The van der Waals surface area contributed by atoms with Crippen LogP contribution in [0.15, 0.2) is 83.6 Å². The summed E-state index contributed by atoms with van der Waals surface area (Å²) >= 11 is 0. The molecule has 0 fully saturated rings. The van der Waals surface area contributed by atoms with E-state index in [0.717, 1.165) is 11.3 Å². The van der Waals surface area contributed by atoms with Gasteiger partial charge >= 0.3 is 0 Å². The van der Waals surface area contributed by atoms with Gasteiger partial charge in [-0.25, -0.2) is 4.68 Å². The van der Waals surface area contributed by atoms with Crippen molar-refractivity contribution in [2.24, 2.45) is 0 Å². The Bertz CT molecular complexity index is 1280. The zero-order valence-electron chi connectivity index (χ0n) is 17.7. The molecule has 0 aliphatic heterocycles. The summed E-state index contributed by atoms with van der Waals surface area (Å²) in [4.78, 5) is 37.1. The largest absolute Gasteiger partial charge is 0.469 e. The van der Waals surface area contributed by atoms with Crippen molar-refractivity contribution in [3.05, 3.63) is 96.1 Å². The molecule has 166 valence electrons. The Kier molecular flexibility index (Phi) is 6.31. The van der Waals surface area contributed by atoms with Gasteiger partial charge in [0.2, 0.25) is 0 Å². The maximum Gasteiger partial charge on any atom is 0.273 e. The van der Waals surface area contributed by atoms with Crippen LogP contribution in [0.25, 0.3) is 16.9 Å². The van der Waals surface area contributed by atoms with E-state index >= 15 is 0 Å². The fraction of sp³-hybridized carbons (Fsp3) is 0.0833. The third-order valence-corrected chi connectivity index (χ3v) is 4.86. The fourth-order valence-electron chi connectivity index (χ4n) is 3.18. The highest BCUT2D eigenvalue weighted by Gasteiger charge is 2.19. The Balaban J connectivity index is 1.45. The summed E-state index contributed by atoms with van der Waals surface area (Å²) in [5.74, 6) is -1.13. The number of nitrogens with zero attached hydrogens (tertiary/aromatic N) is 2. The third-order valence-electron chi connectivity index (χ3n) is 4.86. The van der Waals surface area contributed by atoms with Crippen molar-refractivity contribution in [1.82, 2.24) is 25.9 Å². The van der Waals surface area contributed by atoms with Gasteiger partial charge in [-0.2, -0.15) is 5.10 Å². The summed E-state index contributed by atoms with van der Waals surface area (Å²) in [6.07, 6.45) is 2.99. The molecule has 4 rings (SSSR count). The average molecular weight is 443 g/mol. The second-order valence-electron chi connectivity index (χ2n) is 7.11. The van der Waals surface area contributed by atoms with Gasteiger partial charge in [0.1, 0.15) is 11.5 Å². The van der Waals surface area contributed by atoms with Gasteiger partial charge < -0.3 is 9.73 Å². The molecule has 0 saturated heterocycles. The smallest absolute Gasteiger partial charge is 0.273 e. The van der Waals surface area contributed by atoms with Gasteiger partial charge in [-0.15, -0.1) is 0 Å². The van der Waals surface area contributed by atoms with E-state index in [9.17, 15) is 14.4 Å². The van der Waals surface area contributed by atoms with E-state index in [2.05, 4.69) is 21.3 Å². The number of rotatable bonds is 6. The number of carbonyl (C=O) groups excluding carboxylic acids is 3. The van der Waals surface area contributed by atoms with Crippen LogP contribution in [0.5, 0.6) is 0 Å². The van der Waals surface area contributed by atoms with Crippen LogP contribution in [-0.2, 0) is 4.79 Å². The van der Waals surface area contributed by atoms with Gasteiger partial charge in [0.05, 0.1) is 29.6 Å². The number of benzene rings is 2. The lowest BCUT2D eigenvalue weighted by Gasteiger charge is -2.08. The minimum atomic E-state index is -0.588. The maximum absolute atomic E-state index is 12.9. The molecule has 0 aliphatic rings. The van der Waals surface area contributed by atoms with Crippen LogP contribution in [0.2, 0.25) is 0 Å².